The molecule has 1 atom stereocenters. The van der Waals surface area contributed by atoms with Crippen LogP contribution in [0.5, 0.6) is 0 Å². The molecule has 0 saturated carbocycles. The summed E-state index contributed by atoms with van der Waals surface area (Å²) >= 11 is 0. The van der Waals surface area contributed by atoms with E-state index in [2.05, 4.69) is 16.7 Å². The molecular formula is C22H26ClN3O3. The normalized spacial score (nSPS) is 18.2. The van der Waals surface area contributed by atoms with Crippen LogP contribution in [0.2, 0.25) is 0 Å². The van der Waals surface area contributed by atoms with Crippen LogP contribution in [-0.4, -0.2) is 42.1 Å². The van der Waals surface area contributed by atoms with E-state index in [4.69, 9.17) is 4.74 Å². The highest BCUT2D eigenvalue weighted by Crippen LogP contribution is 2.25. The minimum Gasteiger partial charge on any atom is -0.445 e. The molecule has 2 aromatic carbocycles. The fourth-order valence-electron chi connectivity index (χ4n) is 3.77. The minimum absolute atomic E-state index is 0. The van der Waals surface area contributed by atoms with Crippen molar-refractivity contribution in [2.75, 3.05) is 18.4 Å². The number of anilines is 1. The number of para-hydroxylation sites is 1. The third-order valence-electron chi connectivity index (χ3n) is 5.39. The van der Waals surface area contributed by atoms with Gasteiger partial charge in [-0.15, -0.1) is 12.4 Å². The summed E-state index contributed by atoms with van der Waals surface area (Å²) in [5, 5.41) is 6.42. The molecule has 0 radical (unpaired) electrons. The second kappa shape index (κ2) is 9.65. The van der Waals surface area contributed by atoms with Gasteiger partial charge in [0.15, 0.2) is 0 Å². The van der Waals surface area contributed by atoms with E-state index in [0.717, 1.165) is 24.1 Å². The number of halogens is 1. The van der Waals surface area contributed by atoms with E-state index in [0.29, 0.717) is 19.5 Å². The number of fused-ring (bicyclic) bond motifs is 1. The Balaban J connectivity index is 0.00000240. The fourth-order valence-corrected chi connectivity index (χ4v) is 3.77. The van der Waals surface area contributed by atoms with Crippen molar-refractivity contribution in [3.8, 4) is 0 Å². The summed E-state index contributed by atoms with van der Waals surface area (Å²) < 4.78 is 5.39. The van der Waals surface area contributed by atoms with E-state index in [9.17, 15) is 9.59 Å². The van der Waals surface area contributed by atoms with Crippen LogP contribution in [0.15, 0.2) is 54.6 Å². The number of amides is 2. The predicted molar refractivity (Wildman–Crippen MR) is 114 cm³/mol. The summed E-state index contributed by atoms with van der Waals surface area (Å²) in [6.07, 6.45) is 1.91. The number of nitrogens with one attached hydrogen (secondary N) is 2. The molecule has 7 heteroatoms. The van der Waals surface area contributed by atoms with E-state index < -0.39 is 0 Å². The largest absolute Gasteiger partial charge is 0.445 e. The first kappa shape index (κ1) is 21.0. The molecule has 0 unspecified atom stereocenters. The van der Waals surface area contributed by atoms with Crippen molar-refractivity contribution in [1.82, 2.24) is 10.2 Å². The highest BCUT2D eigenvalue weighted by molar-refractivity contribution is 5.87. The van der Waals surface area contributed by atoms with Crippen LogP contribution in [0, 0.1) is 0 Å². The smallest absolute Gasteiger partial charge is 0.410 e. The number of nitrogens with zero attached hydrogens (tertiary/aromatic N) is 1. The molecule has 6 nitrogen and oxygen atoms in total. The number of rotatable bonds is 4. The maximum Gasteiger partial charge on any atom is 0.410 e. The first-order valence-corrected chi connectivity index (χ1v) is 9.79. The zero-order chi connectivity index (χ0) is 19.3. The van der Waals surface area contributed by atoms with E-state index >= 15 is 0 Å². The maximum atomic E-state index is 12.6. The van der Waals surface area contributed by atoms with Crippen molar-refractivity contribution in [3.05, 3.63) is 65.7 Å². The first-order chi connectivity index (χ1) is 13.7. The van der Waals surface area contributed by atoms with Gasteiger partial charge in [-0.2, -0.15) is 0 Å². The van der Waals surface area contributed by atoms with E-state index in [-0.39, 0.29) is 43.1 Å². The molecule has 0 aliphatic carbocycles. The molecule has 1 fully saturated rings. The molecule has 0 spiro atoms. The lowest BCUT2D eigenvalue weighted by Crippen LogP contribution is -2.49. The lowest BCUT2D eigenvalue weighted by atomic mass is 10.0. The molecule has 1 saturated heterocycles. The van der Waals surface area contributed by atoms with Crippen LogP contribution in [0.25, 0.3) is 0 Å². The summed E-state index contributed by atoms with van der Waals surface area (Å²) in [7, 11) is 0. The SMILES string of the molecule is Cl.O=C(NC1CCN(C(=O)OCc2ccccc2)CC1)[C@@H]1Cc2ccccc2N1. The van der Waals surface area contributed by atoms with Gasteiger partial charge in [0.2, 0.25) is 5.91 Å². The van der Waals surface area contributed by atoms with Crippen molar-refractivity contribution < 1.29 is 14.3 Å². The van der Waals surface area contributed by atoms with Crippen molar-refractivity contribution in [2.24, 2.45) is 0 Å². The number of benzene rings is 2. The zero-order valence-corrected chi connectivity index (χ0v) is 17.0. The quantitative estimate of drug-likeness (QED) is 0.803. The van der Waals surface area contributed by atoms with Gasteiger partial charge in [-0.1, -0.05) is 48.5 Å². The number of ether oxygens (including phenoxy) is 1. The first-order valence-electron chi connectivity index (χ1n) is 9.79. The Kier molecular flexibility index (Phi) is 6.99. The molecule has 0 bridgehead atoms. The van der Waals surface area contributed by atoms with Crippen LogP contribution < -0.4 is 10.6 Å². The average molecular weight is 416 g/mol. The van der Waals surface area contributed by atoms with Crippen LogP contribution in [-0.2, 0) is 22.6 Å². The zero-order valence-electron chi connectivity index (χ0n) is 16.2. The average Bonchev–Trinajstić information content (AvgIpc) is 3.18. The summed E-state index contributed by atoms with van der Waals surface area (Å²) in [5.41, 5.74) is 3.19. The second-order valence-electron chi connectivity index (χ2n) is 7.37. The Morgan fingerprint density at radius 1 is 1.03 bits per heavy atom. The monoisotopic (exact) mass is 415 g/mol. The molecule has 154 valence electrons. The Morgan fingerprint density at radius 3 is 2.45 bits per heavy atom. The summed E-state index contributed by atoms with van der Waals surface area (Å²) in [6, 6.07) is 17.6. The molecule has 2 amide bonds. The van der Waals surface area contributed by atoms with Gasteiger partial charge in [0.05, 0.1) is 0 Å². The van der Waals surface area contributed by atoms with Gasteiger partial charge in [-0.05, 0) is 30.0 Å². The highest BCUT2D eigenvalue weighted by atomic mass is 35.5. The standard InChI is InChI=1S/C22H25N3O3.ClH/c26-21(20-14-17-8-4-5-9-19(17)24-20)23-18-10-12-25(13-11-18)22(27)28-15-16-6-2-1-3-7-16;/h1-9,18,20,24H,10-15H2,(H,23,26);1H/t20-;/m0./s1. The molecule has 2 heterocycles. The van der Waals surface area contributed by atoms with Crippen LogP contribution in [0.3, 0.4) is 0 Å². The van der Waals surface area contributed by atoms with E-state index in [1.54, 1.807) is 4.90 Å². The van der Waals surface area contributed by atoms with Gasteiger partial charge in [-0.3, -0.25) is 4.79 Å². The van der Waals surface area contributed by atoms with Crippen LogP contribution in [0.1, 0.15) is 24.0 Å². The van der Waals surface area contributed by atoms with Gasteiger partial charge in [0.1, 0.15) is 12.6 Å². The Bertz CT molecular complexity index is 813. The topological polar surface area (TPSA) is 70.7 Å². The third kappa shape index (κ3) is 5.21. The molecular weight excluding hydrogens is 390 g/mol. The number of carbonyl (C=O) groups excluding carboxylic acids is 2. The third-order valence-corrected chi connectivity index (χ3v) is 5.39. The highest BCUT2D eigenvalue weighted by Gasteiger charge is 2.30. The van der Waals surface area contributed by atoms with Crippen molar-refractivity contribution in [3.63, 3.8) is 0 Å². The van der Waals surface area contributed by atoms with Gasteiger partial charge in [-0.25, -0.2) is 4.79 Å². The molecule has 2 aliphatic rings. The predicted octanol–water partition coefficient (Wildman–Crippen LogP) is 3.36. The van der Waals surface area contributed by atoms with Gasteiger partial charge >= 0.3 is 6.09 Å². The minimum atomic E-state index is -0.290. The van der Waals surface area contributed by atoms with Crippen molar-refractivity contribution in [2.45, 2.75) is 38.0 Å². The summed E-state index contributed by atoms with van der Waals surface area (Å²) in [6.45, 7) is 1.47. The van der Waals surface area contributed by atoms with Crippen molar-refractivity contribution >= 4 is 30.1 Å². The second-order valence-corrected chi connectivity index (χ2v) is 7.37. The maximum absolute atomic E-state index is 12.6. The van der Waals surface area contributed by atoms with Crippen LogP contribution >= 0.6 is 12.4 Å². The molecule has 4 rings (SSSR count). The van der Waals surface area contributed by atoms with Gasteiger partial charge in [0, 0.05) is 31.2 Å². The fraction of sp³-hybridized carbons (Fsp3) is 0.364. The van der Waals surface area contributed by atoms with E-state index in [1.165, 1.54) is 5.56 Å². The van der Waals surface area contributed by atoms with Crippen molar-refractivity contribution in [1.29, 1.82) is 0 Å². The number of likely N-dealkylation sites (tertiary alicyclic amines) is 1. The summed E-state index contributed by atoms with van der Waals surface area (Å²) in [4.78, 5) is 26.5. The molecule has 2 N–H and O–H groups in total. The number of carbonyl (C=O) groups is 2. The molecule has 0 aromatic heterocycles. The Hall–Kier alpha value is -2.73. The number of hydrogen-bond acceptors (Lipinski definition) is 4. The molecule has 2 aromatic rings. The Morgan fingerprint density at radius 2 is 1.72 bits per heavy atom. The number of hydrogen-bond donors (Lipinski definition) is 2. The van der Waals surface area contributed by atoms with Gasteiger partial charge in [0.25, 0.3) is 0 Å². The van der Waals surface area contributed by atoms with Gasteiger partial charge < -0.3 is 20.3 Å². The lowest BCUT2D eigenvalue weighted by Gasteiger charge is -2.32. The van der Waals surface area contributed by atoms with E-state index in [1.807, 2.05) is 48.5 Å². The molecule has 2 aliphatic heterocycles. The Labute approximate surface area is 177 Å². The molecule has 29 heavy (non-hydrogen) atoms. The summed E-state index contributed by atoms with van der Waals surface area (Å²) in [5.74, 6) is 0.0290. The van der Waals surface area contributed by atoms with Crippen LogP contribution in [0.4, 0.5) is 10.5 Å². The number of piperidine rings is 1. The lowest BCUT2D eigenvalue weighted by molar-refractivity contribution is -0.122.